The van der Waals surface area contributed by atoms with Crippen LogP contribution >= 0.6 is 11.3 Å². The van der Waals surface area contributed by atoms with Crippen molar-refractivity contribution in [2.24, 2.45) is 23.2 Å². The first-order chi connectivity index (χ1) is 13.6. The summed E-state index contributed by atoms with van der Waals surface area (Å²) in [5, 5.41) is 4.03. The topological polar surface area (TPSA) is 55.4 Å². The van der Waals surface area contributed by atoms with Crippen LogP contribution in [0.15, 0.2) is 0 Å². The molecule has 0 spiro atoms. The molecular formula is C23H31NO3S. The van der Waals surface area contributed by atoms with Gasteiger partial charge in [-0.25, -0.2) is 4.79 Å². The number of carbonyl (C=O) groups excluding carboxylic acids is 2. The molecule has 28 heavy (non-hydrogen) atoms. The number of thiophene rings is 1. The van der Waals surface area contributed by atoms with E-state index in [-0.39, 0.29) is 17.3 Å². The van der Waals surface area contributed by atoms with Crippen LogP contribution < -0.4 is 5.32 Å². The molecule has 1 aromatic heterocycles. The van der Waals surface area contributed by atoms with Crippen molar-refractivity contribution in [2.75, 3.05) is 11.9 Å². The number of hydrogen-bond donors (Lipinski definition) is 1. The fraction of sp³-hybridized carbons (Fsp3) is 0.739. The predicted molar refractivity (Wildman–Crippen MR) is 111 cm³/mol. The van der Waals surface area contributed by atoms with Gasteiger partial charge in [0.05, 0.1) is 17.6 Å². The summed E-state index contributed by atoms with van der Waals surface area (Å²) in [4.78, 5) is 27.6. The van der Waals surface area contributed by atoms with Crippen molar-refractivity contribution >= 4 is 28.2 Å². The zero-order valence-corrected chi connectivity index (χ0v) is 17.7. The van der Waals surface area contributed by atoms with Gasteiger partial charge < -0.3 is 10.1 Å². The summed E-state index contributed by atoms with van der Waals surface area (Å²) in [5.41, 5.74) is 1.64. The van der Waals surface area contributed by atoms with Crippen LogP contribution in [0, 0.1) is 23.2 Å². The molecule has 5 heteroatoms. The average molecular weight is 402 g/mol. The first-order valence-corrected chi connectivity index (χ1v) is 12.1. The molecule has 4 bridgehead atoms. The maximum atomic E-state index is 13.5. The lowest BCUT2D eigenvalue weighted by atomic mass is 9.75. The van der Waals surface area contributed by atoms with E-state index in [1.165, 1.54) is 43.4 Å². The molecule has 5 aliphatic carbocycles. The number of carbonyl (C=O) groups is 2. The zero-order valence-electron chi connectivity index (χ0n) is 16.9. The van der Waals surface area contributed by atoms with E-state index in [0.29, 0.717) is 18.1 Å². The third-order valence-corrected chi connectivity index (χ3v) is 9.03. The van der Waals surface area contributed by atoms with E-state index in [1.54, 1.807) is 11.3 Å². The van der Waals surface area contributed by atoms with E-state index < -0.39 is 0 Å². The van der Waals surface area contributed by atoms with Crippen molar-refractivity contribution < 1.29 is 14.3 Å². The Morgan fingerprint density at radius 3 is 2.50 bits per heavy atom. The Hall–Kier alpha value is -1.36. The third-order valence-electron chi connectivity index (χ3n) is 7.82. The van der Waals surface area contributed by atoms with Crippen LogP contribution in [-0.4, -0.2) is 18.5 Å². The second-order valence-electron chi connectivity index (χ2n) is 9.50. The molecule has 152 valence electrons. The van der Waals surface area contributed by atoms with E-state index in [1.807, 2.05) is 6.92 Å². The van der Waals surface area contributed by atoms with Gasteiger partial charge in [0.25, 0.3) is 0 Å². The molecule has 4 saturated carbocycles. The van der Waals surface area contributed by atoms with Crippen LogP contribution in [0.5, 0.6) is 0 Å². The highest BCUT2D eigenvalue weighted by atomic mass is 32.1. The van der Waals surface area contributed by atoms with Crippen LogP contribution in [0.25, 0.3) is 0 Å². The fourth-order valence-corrected chi connectivity index (χ4v) is 8.09. The molecule has 0 aromatic carbocycles. The average Bonchev–Trinajstić information content (AvgIpc) is 3.19. The highest BCUT2D eigenvalue weighted by Crippen LogP contribution is 2.65. The highest BCUT2D eigenvalue weighted by Gasteiger charge is 2.61. The van der Waals surface area contributed by atoms with Crippen LogP contribution in [-0.2, 0) is 22.4 Å². The summed E-state index contributed by atoms with van der Waals surface area (Å²) in [7, 11) is 0. The van der Waals surface area contributed by atoms with Gasteiger partial charge in [0.1, 0.15) is 5.00 Å². The summed E-state index contributed by atoms with van der Waals surface area (Å²) in [6.07, 6.45) is 12.6. The number of amides is 1. The van der Waals surface area contributed by atoms with Gasteiger partial charge >= 0.3 is 5.97 Å². The summed E-state index contributed by atoms with van der Waals surface area (Å²) in [6, 6.07) is 0. The predicted octanol–water partition coefficient (Wildman–Crippen LogP) is 5.35. The molecule has 1 aromatic rings. The standard InChI is InChI=1S/C23H31NO3S/c1-2-27-21(25)19-17-7-5-3-4-6-8-18(17)28-20(19)24-22(26)23-12-14-9-15(13-23)11-16(23)10-14/h14-16H,2-13H2,1H3,(H,24,26). The van der Waals surface area contributed by atoms with Crippen LogP contribution in [0.3, 0.4) is 0 Å². The molecule has 0 aliphatic heterocycles. The summed E-state index contributed by atoms with van der Waals surface area (Å²) >= 11 is 1.64. The lowest BCUT2D eigenvalue weighted by molar-refractivity contribution is -0.127. The van der Waals surface area contributed by atoms with Gasteiger partial charge in [-0.3, -0.25) is 4.79 Å². The molecule has 6 rings (SSSR count). The first-order valence-electron chi connectivity index (χ1n) is 11.2. The Bertz CT molecular complexity index is 784. The highest BCUT2D eigenvalue weighted by molar-refractivity contribution is 7.17. The smallest absolute Gasteiger partial charge is 0.341 e. The molecule has 1 amide bonds. The van der Waals surface area contributed by atoms with E-state index in [9.17, 15) is 9.59 Å². The minimum Gasteiger partial charge on any atom is -0.462 e. The van der Waals surface area contributed by atoms with Gasteiger partial charge in [-0.2, -0.15) is 0 Å². The second-order valence-corrected chi connectivity index (χ2v) is 10.6. The molecule has 0 radical (unpaired) electrons. The number of anilines is 1. The quantitative estimate of drug-likeness (QED) is 0.692. The Morgan fingerprint density at radius 2 is 1.79 bits per heavy atom. The van der Waals surface area contributed by atoms with Crippen molar-refractivity contribution in [1.82, 2.24) is 0 Å². The molecule has 5 aliphatic rings. The largest absolute Gasteiger partial charge is 0.462 e. The number of hydrogen-bond acceptors (Lipinski definition) is 4. The van der Waals surface area contributed by atoms with Crippen molar-refractivity contribution in [3.05, 3.63) is 16.0 Å². The number of esters is 1. The number of nitrogens with one attached hydrogen (secondary N) is 1. The normalized spacial score (nSPS) is 33.2. The van der Waals surface area contributed by atoms with Crippen molar-refractivity contribution in [3.8, 4) is 0 Å². The Kier molecular flexibility index (Phi) is 4.77. The molecular weight excluding hydrogens is 370 g/mol. The molecule has 2 unspecified atom stereocenters. The molecule has 4 nitrogen and oxygen atoms in total. The molecule has 1 N–H and O–H groups in total. The van der Waals surface area contributed by atoms with Crippen molar-refractivity contribution in [3.63, 3.8) is 0 Å². The maximum Gasteiger partial charge on any atom is 0.341 e. The summed E-state index contributed by atoms with van der Waals surface area (Å²) in [6.45, 7) is 2.21. The van der Waals surface area contributed by atoms with Gasteiger partial charge in [0, 0.05) is 4.88 Å². The van der Waals surface area contributed by atoms with E-state index >= 15 is 0 Å². The number of fused-ring (bicyclic) bond motifs is 1. The minimum absolute atomic E-state index is 0.169. The van der Waals surface area contributed by atoms with Crippen molar-refractivity contribution in [2.45, 2.75) is 77.6 Å². The molecule has 2 atom stereocenters. The van der Waals surface area contributed by atoms with E-state index in [0.717, 1.165) is 54.5 Å². The lowest BCUT2D eigenvalue weighted by Crippen LogP contribution is -2.37. The van der Waals surface area contributed by atoms with Gasteiger partial charge in [-0.1, -0.05) is 12.8 Å². The maximum absolute atomic E-state index is 13.5. The zero-order chi connectivity index (χ0) is 19.3. The third kappa shape index (κ3) is 2.92. The van der Waals surface area contributed by atoms with Gasteiger partial charge in [0.2, 0.25) is 5.91 Å². The number of aryl methyl sites for hydroxylation is 1. The molecule has 0 saturated heterocycles. The van der Waals surface area contributed by atoms with Crippen LogP contribution in [0.4, 0.5) is 5.00 Å². The monoisotopic (exact) mass is 401 g/mol. The summed E-state index contributed by atoms with van der Waals surface area (Å²) in [5.74, 6) is 1.98. The number of ether oxygens (including phenoxy) is 1. The Labute approximate surface area is 171 Å². The van der Waals surface area contributed by atoms with Gasteiger partial charge in [-0.05, 0) is 88.0 Å². The van der Waals surface area contributed by atoms with Gasteiger partial charge in [-0.15, -0.1) is 11.3 Å². The fourth-order valence-electron chi connectivity index (χ4n) is 6.82. The Morgan fingerprint density at radius 1 is 1.07 bits per heavy atom. The van der Waals surface area contributed by atoms with E-state index in [4.69, 9.17) is 4.74 Å². The lowest BCUT2D eigenvalue weighted by Gasteiger charge is -2.31. The summed E-state index contributed by atoms with van der Waals surface area (Å²) < 4.78 is 5.40. The first kappa shape index (κ1) is 18.7. The SMILES string of the molecule is CCOC(=O)c1c(NC(=O)C23CC4CC(CC2C4)C3)sc2c1CCCCCC2. The van der Waals surface area contributed by atoms with Crippen molar-refractivity contribution in [1.29, 1.82) is 0 Å². The number of rotatable bonds is 4. The van der Waals surface area contributed by atoms with E-state index in [2.05, 4.69) is 5.32 Å². The Balaban J connectivity index is 1.46. The van der Waals surface area contributed by atoms with Crippen LogP contribution in [0.1, 0.15) is 85.5 Å². The molecule has 1 heterocycles. The molecule has 4 fully saturated rings. The van der Waals surface area contributed by atoms with Gasteiger partial charge in [0.15, 0.2) is 0 Å². The minimum atomic E-state index is -0.259. The second kappa shape index (κ2) is 7.16. The van der Waals surface area contributed by atoms with Crippen LogP contribution in [0.2, 0.25) is 0 Å².